The zero-order valence-corrected chi connectivity index (χ0v) is 32.7. The molecule has 0 aromatic heterocycles. The van der Waals surface area contributed by atoms with E-state index < -0.39 is 31.3 Å². The predicted molar refractivity (Wildman–Crippen MR) is 199 cm³/mol. The summed E-state index contributed by atoms with van der Waals surface area (Å²) in [4.78, 5) is 0. The van der Waals surface area contributed by atoms with Gasteiger partial charge in [0.2, 0.25) is 0 Å². The molecule has 4 bridgehead atoms. The third-order valence-corrected chi connectivity index (χ3v) is 19.6. The molecule has 0 nitrogen and oxygen atoms in total. The molecule has 4 aromatic carbocycles. The van der Waals surface area contributed by atoms with Crippen molar-refractivity contribution >= 4 is 18.5 Å². The van der Waals surface area contributed by atoms with E-state index in [0.717, 1.165) is 0 Å². The van der Waals surface area contributed by atoms with Gasteiger partial charge < -0.3 is 0 Å². The first-order chi connectivity index (χ1) is 22.2. The number of allylic oxidation sites excluding steroid dienone is 2. The van der Waals surface area contributed by atoms with Crippen LogP contribution in [-0.4, -0.2) is 8.07 Å². The van der Waals surface area contributed by atoms with E-state index in [2.05, 4.69) is 140 Å². The molecule has 0 saturated heterocycles. The zero-order valence-electron chi connectivity index (χ0n) is 29.2. The third kappa shape index (κ3) is 5.09. The average molecular weight is 698 g/mol. The van der Waals surface area contributed by atoms with Gasteiger partial charge in [-0.3, -0.25) is 0 Å². The van der Waals surface area contributed by atoms with Crippen LogP contribution in [0.1, 0.15) is 120 Å². The first kappa shape index (κ1) is 32.0. The van der Waals surface area contributed by atoms with Crippen molar-refractivity contribution in [3.8, 4) is 22.3 Å². The number of hydrogen-bond donors (Lipinski definition) is 0. The first-order valence-electron chi connectivity index (χ1n) is 17.9. The monoisotopic (exact) mass is 696 g/mol. The topological polar surface area (TPSA) is 0 Å². The van der Waals surface area contributed by atoms with Gasteiger partial charge in [-0.2, -0.15) is 0 Å². The van der Waals surface area contributed by atoms with Gasteiger partial charge in [0.25, 0.3) is 0 Å². The summed E-state index contributed by atoms with van der Waals surface area (Å²) >= 11 is -0.953. The molecule has 2 atom stereocenters. The van der Waals surface area contributed by atoms with Crippen LogP contribution in [0.3, 0.4) is 0 Å². The molecule has 0 radical (unpaired) electrons. The van der Waals surface area contributed by atoms with Gasteiger partial charge in [0.05, 0.1) is 0 Å². The van der Waals surface area contributed by atoms with E-state index in [4.69, 9.17) is 0 Å². The fraction of sp³-hybridized carbons (Fsp3) is 0.364. The van der Waals surface area contributed by atoms with Crippen LogP contribution in [0.5, 0.6) is 0 Å². The van der Waals surface area contributed by atoms with Crippen molar-refractivity contribution in [2.45, 2.75) is 99.4 Å². The van der Waals surface area contributed by atoms with Crippen LogP contribution in [0.2, 0.25) is 13.1 Å². The molecule has 2 heteroatoms. The molecule has 0 N–H and O–H groups in total. The summed E-state index contributed by atoms with van der Waals surface area (Å²) in [5.74, 6) is 1.10. The SMILES string of the molecule is CCCC1=C2c3c(-c4ccc(C(C)C)cc4)cccc3[CH]1[Zr][CH]1C(CCC)=C(c3c(-c4ccc(C(C)C)cc4)cccc31)[Si]2(C)C. The van der Waals surface area contributed by atoms with Crippen LogP contribution in [0.15, 0.2) is 96.1 Å². The summed E-state index contributed by atoms with van der Waals surface area (Å²) in [6.45, 7) is 19.5. The first-order valence-corrected chi connectivity index (χ1v) is 23.7. The van der Waals surface area contributed by atoms with Gasteiger partial charge in [0.1, 0.15) is 0 Å². The molecule has 2 unspecified atom stereocenters. The fourth-order valence-electron chi connectivity index (χ4n) is 8.92. The normalized spacial score (nSPS) is 19.3. The summed E-state index contributed by atoms with van der Waals surface area (Å²) in [6, 6.07) is 33.8. The Bertz CT molecular complexity index is 1710. The molecule has 4 aromatic rings. The van der Waals surface area contributed by atoms with E-state index in [1.807, 2.05) is 11.1 Å². The second-order valence-electron chi connectivity index (χ2n) is 15.1. The van der Waals surface area contributed by atoms with Crippen molar-refractivity contribution in [3.63, 3.8) is 0 Å². The Labute approximate surface area is 291 Å². The van der Waals surface area contributed by atoms with Gasteiger partial charge in [0, 0.05) is 0 Å². The summed E-state index contributed by atoms with van der Waals surface area (Å²) in [5.41, 5.74) is 18.9. The molecular formula is C44H50SiZr. The van der Waals surface area contributed by atoms with Gasteiger partial charge in [-0.05, 0) is 0 Å². The molecular weight excluding hydrogens is 648 g/mol. The minimum atomic E-state index is -2.15. The molecule has 46 heavy (non-hydrogen) atoms. The van der Waals surface area contributed by atoms with Crippen molar-refractivity contribution < 1.29 is 23.2 Å². The maximum absolute atomic E-state index is 2.73. The Balaban J connectivity index is 1.48. The zero-order chi connectivity index (χ0) is 32.3. The van der Waals surface area contributed by atoms with Gasteiger partial charge >= 0.3 is 293 Å². The number of fused-ring (bicyclic) bond motifs is 8. The summed E-state index contributed by atoms with van der Waals surface area (Å²) < 4.78 is 1.35. The number of rotatable bonds is 8. The third-order valence-electron chi connectivity index (χ3n) is 11.1. The molecule has 1 aliphatic heterocycles. The quantitative estimate of drug-likeness (QED) is 0.161. The minimum absolute atomic E-state index is 0.551. The van der Waals surface area contributed by atoms with Crippen LogP contribution >= 0.6 is 0 Å². The second kappa shape index (κ2) is 12.5. The van der Waals surface area contributed by atoms with Crippen LogP contribution in [0.4, 0.5) is 0 Å². The van der Waals surface area contributed by atoms with Crippen molar-refractivity contribution in [1.29, 1.82) is 0 Å². The van der Waals surface area contributed by atoms with E-state index in [1.54, 1.807) is 32.6 Å². The maximum atomic E-state index is 2.73. The molecule has 0 fully saturated rings. The predicted octanol–water partition coefficient (Wildman–Crippen LogP) is 13.1. The molecule has 0 spiro atoms. The van der Waals surface area contributed by atoms with E-state index in [9.17, 15) is 0 Å². The van der Waals surface area contributed by atoms with Crippen molar-refractivity contribution in [1.82, 2.24) is 0 Å². The van der Waals surface area contributed by atoms with Crippen LogP contribution in [0, 0.1) is 0 Å². The molecule has 0 saturated carbocycles. The van der Waals surface area contributed by atoms with E-state index in [0.29, 0.717) is 19.1 Å². The Hall–Kier alpha value is -2.54. The summed E-state index contributed by atoms with van der Waals surface area (Å²) in [6.07, 6.45) is 4.97. The summed E-state index contributed by atoms with van der Waals surface area (Å²) in [5, 5.41) is 3.61. The standard InChI is InChI=1S/C44H50Si.Zr/c1-9-13-37-27-35-15-11-17-39(33-23-19-31(20-24-33)29(3)4)41(35)43(37)45(7,8)44-38(14-10-2)28-36-16-12-18-40(42(36)44)34-25-21-32(22-26-34)30(5)6;/h11-12,15-30H,9-10,13-14H2,1-8H3;. The van der Waals surface area contributed by atoms with Gasteiger partial charge in [-0.1, -0.05) is 0 Å². The van der Waals surface area contributed by atoms with Crippen molar-refractivity contribution in [2.75, 3.05) is 0 Å². The van der Waals surface area contributed by atoms with Gasteiger partial charge in [-0.15, -0.1) is 0 Å². The van der Waals surface area contributed by atoms with Gasteiger partial charge in [0.15, 0.2) is 0 Å². The van der Waals surface area contributed by atoms with Gasteiger partial charge in [-0.25, -0.2) is 0 Å². The van der Waals surface area contributed by atoms with Crippen LogP contribution in [-0.2, 0) is 23.2 Å². The number of benzene rings is 4. The van der Waals surface area contributed by atoms with E-state index in [-0.39, 0.29) is 0 Å². The van der Waals surface area contributed by atoms with Crippen molar-refractivity contribution in [2.24, 2.45) is 0 Å². The van der Waals surface area contributed by atoms with Crippen LogP contribution < -0.4 is 0 Å². The molecule has 3 aliphatic rings. The molecule has 1 heterocycles. The van der Waals surface area contributed by atoms with Crippen LogP contribution in [0.25, 0.3) is 32.6 Å². The Morgan fingerprint density at radius 1 is 0.565 bits per heavy atom. The van der Waals surface area contributed by atoms with E-state index in [1.165, 1.54) is 59.1 Å². The van der Waals surface area contributed by atoms with E-state index >= 15 is 0 Å². The Morgan fingerprint density at radius 3 is 1.30 bits per heavy atom. The average Bonchev–Trinajstić information content (AvgIpc) is 3.55. The Kier molecular flexibility index (Phi) is 8.69. The molecule has 234 valence electrons. The fourth-order valence-corrected chi connectivity index (χ4v) is 19.1. The molecule has 2 aliphatic carbocycles. The molecule has 7 rings (SSSR count). The Morgan fingerprint density at radius 2 is 0.957 bits per heavy atom. The molecule has 0 amide bonds. The number of hydrogen-bond acceptors (Lipinski definition) is 0. The second-order valence-corrected chi connectivity index (χ2v) is 23.0. The van der Waals surface area contributed by atoms with Crippen molar-refractivity contribution in [3.05, 3.63) is 129 Å². The summed E-state index contributed by atoms with van der Waals surface area (Å²) in [7, 11) is -2.15.